The molecule has 2 aliphatic heterocycles. The van der Waals surface area contributed by atoms with Crippen molar-refractivity contribution in [3.05, 3.63) is 24.3 Å². The summed E-state index contributed by atoms with van der Waals surface area (Å²) in [6.07, 6.45) is 4.39. The third-order valence-electron chi connectivity index (χ3n) is 6.41. The highest BCUT2D eigenvalue weighted by Crippen LogP contribution is 2.46. The van der Waals surface area contributed by atoms with Crippen LogP contribution in [0.3, 0.4) is 0 Å². The summed E-state index contributed by atoms with van der Waals surface area (Å²) in [7, 11) is 0. The van der Waals surface area contributed by atoms with E-state index in [1.165, 1.54) is 4.90 Å². The Kier molecular flexibility index (Phi) is 5.08. The van der Waals surface area contributed by atoms with Crippen LogP contribution in [-0.2, 0) is 9.59 Å². The zero-order valence-corrected chi connectivity index (χ0v) is 16.2. The van der Waals surface area contributed by atoms with E-state index >= 15 is 0 Å². The van der Waals surface area contributed by atoms with Crippen LogP contribution in [0.15, 0.2) is 24.3 Å². The second-order valence-electron chi connectivity index (χ2n) is 8.09. The number of piperazine rings is 1. The van der Waals surface area contributed by atoms with Crippen LogP contribution in [-0.4, -0.2) is 56.2 Å². The van der Waals surface area contributed by atoms with Gasteiger partial charge >= 0.3 is 0 Å². The Labute approximate surface area is 161 Å². The quantitative estimate of drug-likeness (QED) is 0.786. The van der Waals surface area contributed by atoms with Gasteiger partial charge in [-0.3, -0.25) is 9.59 Å². The lowest BCUT2D eigenvalue weighted by Crippen LogP contribution is -3.16. The largest absolute Gasteiger partial charge is 0.492 e. The van der Waals surface area contributed by atoms with E-state index < -0.39 is 0 Å². The number of carbonyl (C=O) groups is 2. The zero-order chi connectivity index (χ0) is 18.9. The number of nitrogens with one attached hydrogen (secondary N) is 1. The summed E-state index contributed by atoms with van der Waals surface area (Å²) in [5.74, 6) is 1.07. The molecule has 1 N–H and O–H groups in total. The van der Waals surface area contributed by atoms with Crippen molar-refractivity contribution >= 4 is 17.5 Å². The maximum Gasteiger partial charge on any atom is 0.240 e. The van der Waals surface area contributed by atoms with Gasteiger partial charge in [-0.1, -0.05) is 25.0 Å². The summed E-state index contributed by atoms with van der Waals surface area (Å²) in [6, 6.07) is 8.16. The number of anilines is 1. The molecule has 1 aromatic rings. The second-order valence-corrected chi connectivity index (χ2v) is 8.09. The predicted octanol–water partition coefficient (Wildman–Crippen LogP) is 1.07. The molecule has 0 aromatic heterocycles. The van der Waals surface area contributed by atoms with E-state index in [0.29, 0.717) is 19.7 Å². The number of benzene rings is 1. The molecule has 0 atom stereocenters. The highest BCUT2D eigenvalue weighted by molar-refractivity contribution is 6.05. The van der Waals surface area contributed by atoms with Crippen LogP contribution >= 0.6 is 0 Å². The molecule has 3 fully saturated rings. The number of rotatable bonds is 5. The average molecular weight is 372 g/mol. The number of hydrogen-bond donors (Lipinski definition) is 1. The Morgan fingerprint density at radius 1 is 1.11 bits per heavy atom. The lowest BCUT2D eigenvalue weighted by molar-refractivity contribution is -0.908. The first-order valence-corrected chi connectivity index (χ1v) is 10.3. The number of imide groups is 1. The Hall–Kier alpha value is -2.08. The lowest BCUT2D eigenvalue weighted by Gasteiger charge is -2.35. The molecule has 27 heavy (non-hydrogen) atoms. The maximum absolute atomic E-state index is 12.9. The molecule has 2 saturated heterocycles. The van der Waals surface area contributed by atoms with Gasteiger partial charge in [-0.05, 0) is 31.9 Å². The van der Waals surface area contributed by atoms with Crippen molar-refractivity contribution in [1.29, 1.82) is 0 Å². The fraction of sp³-hybridized carbons (Fsp3) is 0.619. The van der Waals surface area contributed by atoms with E-state index in [4.69, 9.17) is 4.74 Å². The number of ether oxygens (including phenoxy) is 1. The van der Waals surface area contributed by atoms with Crippen molar-refractivity contribution < 1.29 is 19.2 Å². The van der Waals surface area contributed by atoms with Crippen LogP contribution in [0, 0.1) is 5.41 Å². The average Bonchev–Trinajstić information content (AvgIpc) is 3.24. The fourth-order valence-corrected chi connectivity index (χ4v) is 4.90. The van der Waals surface area contributed by atoms with Gasteiger partial charge in [0.2, 0.25) is 11.8 Å². The van der Waals surface area contributed by atoms with Gasteiger partial charge in [0.1, 0.15) is 5.75 Å². The van der Waals surface area contributed by atoms with E-state index in [1.807, 2.05) is 25.1 Å². The smallest absolute Gasteiger partial charge is 0.240 e. The number of amides is 2. The highest BCUT2D eigenvalue weighted by atomic mass is 16.5. The summed E-state index contributed by atoms with van der Waals surface area (Å²) in [5, 5.41) is 0. The van der Waals surface area contributed by atoms with Crippen LogP contribution in [0.25, 0.3) is 0 Å². The van der Waals surface area contributed by atoms with Crippen LogP contribution in [0.2, 0.25) is 0 Å². The molecule has 6 heteroatoms. The molecular formula is C21H30N3O3+. The Bertz CT molecular complexity index is 706. The zero-order valence-electron chi connectivity index (χ0n) is 16.2. The molecule has 0 radical (unpaired) electrons. The molecule has 1 aliphatic carbocycles. The molecule has 4 rings (SSSR count). The number of para-hydroxylation sites is 2. The molecule has 6 nitrogen and oxygen atoms in total. The van der Waals surface area contributed by atoms with Crippen molar-refractivity contribution in [3.8, 4) is 5.75 Å². The molecule has 0 unspecified atom stereocenters. The molecule has 1 saturated carbocycles. The third-order valence-corrected chi connectivity index (χ3v) is 6.41. The molecular weight excluding hydrogens is 342 g/mol. The number of hydrogen-bond acceptors (Lipinski definition) is 4. The van der Waals surface area contributed by atoms with Gasteiger partial charge in [0.25, 0.3) is 0 Å². The van der Waals surface area contributed by atoms with E-state index in [9.17, 15) is 9.59 Å². The van der Waals surface area contributed by atoms with Crippen molar-refractivity contribution in [2.75, 3.05) is 44.4 Å². The van der Waals surface area contributed by atoms with Crippen molar-refractivity contribution in [1.82, 2.24) is 4.90 Å². The lowest BCUT2D eigenvalue weighted by atomic mass is 9.85. The van der Waals surface area contributed by atoms with Crippen molar-refractivity contribution in [3.63, 3.8) is 0 Å². The van der Waals surface area contributed by atoms with Crippen LogP contribution < -0.4 is 14.5 Å². The molecule has 3 aliphatic rings. The fourth-order valence-electron chi connectivity index (χ4n) is 4.90. The number of nitrogens with zero attached hydrogens (tertiary/aromatic N) is 2. The van der Waals surface area contributed by atoms with Gasteiger partial charge in [-0.15, -0.1) is 0 Å². The Morgan fingerprint density at radius 2 is 1.81 bits per heavy atom. The first kappa shape index (κ1) is 18.3. The molecule has 2 heterocycles. The van der Waals surface area contributed by atoms with Gasteiger partial charge in [-0.2, -0.15) is 0 Å². The molecule has 0 bridgehead atoms. The van der Waals surface area contributed by atoms with Gasteiger partial charge in [-0.25, -0.2) is 4.90 Å². The van der Waals surface area contributed by atoms with E-state index in [2.05, 4.69) is 11.0 Å². The van der Waals surface area contributed by atoms with Gasteiger partial charge in [0.05, 0.1) is 43.9 Å². The summed E-state index contributed by atoms with van der Waals surface area (Å²) < 4.78 is 5.76. The monoisotopic (exact) mass is 372 g/mol. The summed E-state index contributed by atoms with van der Waals surface area (Å²) in [6.45, 7) is 6.83. The van der Waals surface area contributed by atoms with Crippen LogP contribution in [0.5, 0.6) is 5.75 Å². The Morgan fingerprint density at radius 3 is 2.52 bits per heavy atom. The standard InChI is InChI=1S/C21H29N3O3/c1-2-27-18-8-4-3-7-17(18)23-13-11-22(12-14-23)16-24-19(25)15-21(20(24)26)9-5-6-10-21/h3-4,7-8H,2,5-6,9-16H2,1H3/p+1. The summed E-state index contributed by atoms with van der Waals surface area (Å²) >= 11 is 0. The predicted molar refractivity (Wildman–Crippen MR) is 103 cm³/mol. The summed E-state index contributed by atoms with van der Waals surface area (Å²) in [5.41, 5.74) is 0.783. The van der Waals surface area contributed by atoms with Gasteiger partial charge in [0.15, 0.2) is 6.67 Å². The Balaban J connectivity index is 1.36. The normalized spacial score (nSPS) is 22.9. The number of quaternary nitrogens is 1. The number of likely N-dealkylation sites (tertiary alicyclic amines) is 1. The summed E-state index contributed by atoms with van der Waals surface area (Å²) in [4.78, 5) is 30.6. The minimum atomic E-state index is -0.352. The van der Waals surface area contributed by atoms with Crippen molar-refractivity contribution in [2.45, 2.75) is 39.0 Å². The van der Waals surface area contributed by atoms with Gasteiger partial charge in [0, 0.05) is 6.42 Å². The van der Waals surface area contributed by atoms with E-state index in [-0.39, 0.29) is 17.2 Å². The maximum atomic E-state index is 12.9. The van der Waals surface area contributed by atoms with Crippen LogP contribution in [0.4, 0.5) is 5.69 Å². The number of carbonyl (C=O) groups excluding carboxylic acids is 2. The highest BCUT2D eigenvalue weighted by Gasteiger charge is 2.53. The molecule has 1 aromatic carbocycles. The SMILES string of the molecule is CCOc1ccccc1N1CC[NH+](CN2C(=O)CC3(CCCC3)C2=O)CC1. The minimum Gasteiger partial charge on any atom is -0.492 e. The second kappa shape index (κ2) is 7.50. The topological polar surface area (TPSA) is 54.3 Å². The minimum absolute atomic E-state index is 0.0403. The first-order valence-electron chi connectivity index (χ1n) is 10.3. The molecule has 146 valence electrons. The van der Waals surface area contributed by atoms with E-state index in [0.717, 1.165) is 63.3 Å². The first-order chi connectivity index (χ1) is 13.1. The molecule has 1 spiro atoms. The van der Waals surface area contributed by atoms with Gasteiger partial charge < -0.3 is 14.5 Å². The molecule has 2 amide bonds. The van der Waals surface area contributed by atoms with Crippen molar-refractivity contribution in [2.24, 2.45) is 5.41 Å². The van der Waals surface area contributed by atoms with Crippen LogP contribution in [0.1, 0.15) is 39.0 Å². The van der Waals surface area contributed by atoms with E-state index in [1.54, 1.807) is 4.90 Å². The third kappa shape index (κ3) is 3.43.